The lowest BCUT2D eigenvalue weighted by atomic mass is 9.86. The fourth-order valence-electron chi connectivity index (χ4n) is 4.14. The number of nitrogens with one attached hydrogen (secondary N) is 2. The Balaban J connectivity index is 1.61. The van der Waals surface area contributed by atoms with Gasteiger partial charge in [-0.05, 0) is 40.5 Å². The van der Waals surface area contributed by atoms with Gasteiger partial charge in [0.05, 0.1) is 0 Å². The van der Waals surface area contributed by atoms with Gasteiger partial charge < -0.3 is 20.5 Å². The summed E-state index contributed by atoms with van der Waals surface area (Å²) < 4.78 is 5.53. The van der Waals surface area contributed by atoms with Crippen LogP contribution in [0.1, 0.15) is 63.5 Å². The molecular formula is C27H34N2O5. The number of carboxylic acids is 1. The van der Waals surface area contributed by atoms with E-state index < -0.39 is 24.0 Å². The summed E-state index contributed by atoms with van der Waals surface area (Å²) in [5, 5.41) is 14.4. The van der Waals surface area contributed by atoms with Crippen LogP contribution < -0.4 is 10.6 Å². The molecule has 0 aromatic heterocycles. The van der Waals surface area contributed by atoms with Gasteiger partial charge in [0, 0.05) is 18.9 Å². The van der Waals surface area contributed by atoms with Gasteiger partial charge in [0.2, 0.25) is 5.91 Å². The van der Waals surface area contributed by atoms with Crippen molar-refractivity contribution in [3.63, 3.8) is 0 Å². The monoisotopic (exact) mass is 466 g/mol. The number of fused-ring (bicyclic) bond motifs is 3. The first-order chi connectivity index (χ1) is 16.2. The maximum atomic E-state index is 12.7. The van der Waals surface area contributed by atoms with E-state index in [-0.39, 0.29) is 30.8 Å². The highest BCUT2D eigenvalue weighted by Crippen LogP contribution is 2.44. The zero-order valence-electron chi connectivity index (χ0n) is 20.1. The molecule has 7 heteroatoms. The summed E-state index contributed by atoms with van der Waals surface area (Å²) in [4.78, 5) is 36.3. The molecule has 0 spiro atoms. The first-order valence-electron chi connectivity index (χ1n) is 11.8. The quantitative estimate of drug-likeness (QED) is 0.445. The second kappa shape index (κ2) is 11.2. The lowest BCUT2D eigenvalue weighted by Crippen LogP contribution is -2.47. The third-order valence-corrected chi connectivity index (χ3v) is 6.66. The average molecular weight is 467 g/mol. The molecule has 0 bridgehead atoms. The fraction of sp³-hybridized carbons (Fsp3) is 0.444. The number of amides is 2. The number of carbonyl (C=O) groups excluding carboxylic acids is 2. The highest BCUT2D eigenvalue weighted by Gasteiger charge is 2.30. The van der Waals surface area contributed by atoms with Gasteiger partial charge in [0.25, 0.3) is 0 Å². The Bertz CT molecular complexity index is 988. The first kappa shape index (κ1) is 25.3. The number of hydrogen-bond donors (Lipinski definition) is 3. The van der Waals surface area contributed by atoms with Gasteiger partial charge in [0.1, 0.15) is 12.6 Å². The maximum absolute atomic E-state index is 12.7. The molecule has 0 aliphatic heterocycles. The molecule has 182 valence electrons. The Kier molecular flexibility index (Phi) is 8.31. The van der Waals surface area contributed by atoms with Crippen molar-refractivity contribution in [3.8, 4) is 11.1 Å². The molecule has 0 saturated heterocycles. The minimum absolute atomic E-state index is 0.0114. The van der Waals surface area contributed by atoms with Gasteiger partial charge in [-0.15, -0.1) is 0 Å². The minimum Gasteiger partial charge on any atom is -0.481 e. The number of hydrogen-bond acceptors (Lipinski definition) is 4. The number of aliphatic carboxylic acids is 1. The molecule has 2 amide bonds. The number of carbonyl (C=O) groups is 3. The lowest BCUT2D eigenvalue weighted by molar-refractivity contribution is -0.137. The molecule has 0 heterocycles. The van der Waals surface area contributed by atoms with E-state index >= 15 is 0 Å². The number of alkyl carbamates (subject to hydrolysis) is 1. The van der Waals surface area contributed by atoms with Gasteiger partial charge in [-0.3, -0.25) is 9.59 Å². The Morgan fingerprint density at radius 2 is 1.62 bits per heavy atom. The third-order valence-electron chi connectivity index (χ3n) is 6.66. The van der Waals surface area contributed by atoms with Gasteiger partial charge in [0.15, 0.2) is 0 Å². The van der Waals surface area contributed by atoms with Gasteiger partial charge in [-0.25, -0.2) is 4.79 Å². The number of benzene rings is 2. The van der Waals surface area contributed by atoms with Crippen molar-refractivity contribution in [2.75, 3.05) is 13.2 Å². The van der Waals surface area contributed by atoms with Crippen LogP contribution in [0.4, 0.5) is 4.79 Å². The van der Waals surface area contributed by atoms with Crippen molar-refractivity contribution in [2.24, 2.45) is 5.41 Å². The van der Waals surface area contributed by atoms with Crippen molar-refractivity contribution < 1.29 is 24.2 Å². The summed E-state index contributed by atoms with van der Waals surface area (Å²) in [5.74, 6) is -1.53. The molecular weight excluding hydrogens is 432 g/mol. The zero-order chi connectivity index (χ0) is 24.7. The van der Waals surface area contributed by atoms with Gasteiger partial charge in [-0.2, -0.15) is 0 Å². The van der Waals surface area contributed by atoms with E-state index in [1.54, 1.807) is 0 Å². The van der Waals surface area contributed by atoms with Gasteiger partial charge >= 0.3 is 12.1 Å². The van der Waals surface area contributed by atoms with Crippen LogP contribution in [0, 0.1) is 5.41 Å². The Hall–Kier alpha value is -3.35. The number of carboxylic acid groups (broad SMARTS) is 1. The van der Waals surface area contributed by atoms with E-state index in [1.165, 1.54) is 0 Å². The summed E-state index contributed by atoms with van der Waals surface area (Å²) in [6.07, 6.45) is 0.779. The molecule has 0 saturated carbocycles. The minimum atomic E-state index is -1.03. The molecule has 3 N–H and O–H groups in total. The lowest BCUT2D eigenvalue weighted by Gasteiger charge is -2.24. The van der Waals surface area contributed by atoms with Crippen molar-refractivity contribution in [1.82, 2.24) is 10.6 Å². The largest absolute Gasteiger partial charge is 0.481 e. The Morgan fingerprint density at radius 1 is 1.03 bits per heavy atom. The van der Waals surface area contributed by atoms with E-state index in [0.29, 0.717) is 6.54 Å². The molecule has 1 unspecified atom stereocenters. The van der Waals surface area contributed by atoms with Crippen LogP contribution in [-0.4, -0.2) is 42.3 Å². The smallest absolute Gasteiger partial charge is 0.407 e. The van der Waals surface area contributed by atoms with Crippen molar-refractivity contribution >= 4 is 18.0 Å². The van der Waals surface area contributed by atoms with Crippen molar-refractivity contribution in [2.45, 2.75) is 58.4 Å². The standard InChI is InChI=1S/C27H34N2O5/c1-4-27(2,3)15-16-28-25(32)23(13-14-24(30)31)29-26(33)34-17-22-20-11-7-5-9-18(20)19-10-6-8-12-21(19)22/h5-12,22-23H,4,13-17H2,1-3H3,(H,28,32)(H,29,33)(H,30,31). The predicted molar refractivity (Wildman–Crippen MR) is 131 cm³/mol. The third kappa shape index (κ3) is 6.37. The molecule has 2 aromatic rings. The second-order valence-electron chi connectivity index (χ2n) is 9.51. The molecule has 1 aliphatic carbocycles. The Labute approximate surface area is 200 Å². The first-order valence-corrected chi connectivity index (χ1v) is 11.8. The van der Waals surface area contributed by atoms with Gasteiger partial charge in [-0.1, -0.05) is 75.7 Å². The van der Waals surface area contributed by atoms with E-state index in [0.717, 1.165) is 35.1 Å². The number of ether oxygens (including phenoxy) is 1. The molecule has 7 nitrogen and oxygen atoms in total. The molecule has 0 radical (unpaired) electrons. The van der Waals surface area contributed by atoms with Crippen molar-refractivity contribution in [3.05, 3.63) is 59.7 Å². The molecule has 2 aromatic carbocycles. The predicted octanol–water partition coefficient (Wildman–Crippen LogP) is 4.70. The zero-order valence-corrected chi connectivity index (χ0v) is 20.1. The SMILES string of the molecule is CCC(C)(C)CCNC(=O)C(CCC(=O)O)NC(=O)OCC1c2ccccc2-c2ccccc21. The van der Waals surface area contributed by atoms with Crippen LogP contribution in [0.2, 0.25) is 0 Å². The van der Waals surface area contributed by atoms with Crippen LogP contribution in [0.15, 0.2) is 48.5 Å². The second-order valence-corrected chi connectivity index (χ2v) is 9.51. The van der Waals surface area contributed by atoms with E-state index in [9.17, 15) is 14.4 Å². The Morgan fingerprint density at radius 3 is 2.18 bits per heavy atom. The highest BCUT2D eigenvalue weighted by molar-refractivity contribution is 5.86. The van der Waals surface area contributed by atoms with Crippen LogP contribution in [0.25, 0.3) is 11.1 Å². The molecule has 3 rings (SSSR count). The van der Waals surface area contributed by atoms with Crippen molar-refractivity contribution in [1.29, 1.82) is 0 Å². The van der Waals surface area contributed by atoms with E-state index in [2.05, 4.69) is 43.5 Å². The maximum Gasteiger partial charge on any atom is 0.407 e. The molecule has 34 heavy (non-hydrogen) atoms. The fourth-order valence-corrected chi connectivity index (χ4v) is 4.14. The van der Waals surface area contributed by atoms with E-state index in [1.807, 2.05) is 36.4 Å². The molecule has 1 aliphatic rings. The number of rotatable bonds is 11. The summed E-state index contributed by atoms with van der Waals surface area (Å²) >= 11 is 0. The van der Waals surface area contributed by atoms with Crippen LogP contribution in [-0.2, 0) is 14.3 Å². The van der Waals surface area contributed by atoms with Crippen LogP contribution >= 0.6 is 0 Å². The van der Waals surface area contributed by atoms with E-state index in [4.69, 9.17) is 9.84 Å². The summed E-state index contributed by atoms with van der Waals surface area (Å²) in [6.45, 7) is 6.91. The topological polar surface area (TPSA) is 105 Å². The summed E-state index contributed by atoms with van der Waals surface area (Å²) in [5.41, 5.74) is 4.52. The van der Waals surface area contributed by atoms with Crippen LogP contribution in [0.3, 0.4) is 0 Å². The highest BCUT2D eigenvalue weighted by atomic mass is 16.5. The normalized spacial score (nSPS) is 13.5. The van der Waals surface area contributed by atoms with Crippen LogP contribution in [0.5, 0.6) is 0 Å². The molecule has 0 fully saturated rings. The molecule has 1 atom stereocenters. The summed E-state index contributed by atoms with van der Waals surface area (Å²) in [6, 6.07) is 15.1. The average Bonchev–Trinajstić information content (AvgIpc) is 3.14. The summed E-state index contributed by atoms with van der Waals surface area (Å²) in [7, 11) is 0.